The highest BCUT2D eigenvalue weighted by atomic mass is 19.1. The van der Waals surface area contributed by atoms with Crippen LogP contribution < -0.4 is 4.74 Å². The smallest absolute Gasteiger partial charge is 0.316 e. The van der Waals surface area contributed by atoms with Crippen molar-refractivity contribution in [2.45, 2.75) is 31.8 Å². The number of hydrogen-bond acceptors (Lipinski definition) is 4. The number of hydrogen-bond donors (Lipinski definition) is 0. The SMILES string of the molecule is O=C(CC1CC1)N1CCC(Oc2ncc(F)cn2)C1. The van der Waals surface area contributed by atoms with Crippen molar-refractivity contribution in [3.05, 3.63) is 18.2 Å². The minimum absolute atomic E-state index is 0.0892. The van der Waals surface area contributed by atoms with Gasteiger partial charge in [0.15, 0.2) is 5.82 Å². The second-order valence-electron chi connectivity index (χ2n) is 5.20. The second-order valence-corrected chi connectivity index (χ2v) is 5.20. The van der Waals surface area contributed by atoms with E-state index in [1.165, 1.54) is 12.8 Å². The second kappa shape index (κ2) is 5.11. The van der Waals surface area contributed by atoms with Crippen LogP contribution in [0.25, 0.3) is 0 Å². The topological polar surface area (TPSA) is 55.3 Å². The molecule has 102 valence electrons. The molecule has 0 bridgehead atoms. The summed E-state index contributed by atoms with van der Waals surface area (Å²) in [6.45, 7) is 1.30. The number of aromatic nitrogens is 2. The van der Waals surface area contributed by atoms with E-state index in [0.29, 0.717) is 18.9 Å². The van der Waals surface area contributed by atoms with Gasteiger partial charge in [-0.3, -0.25) is 4.79 Å². The minimum atomic E-state index is -0.486. The van der Waals surface area contributed by atoms with Crippen LogP contribution in [0.5, 0.6) is 6.01 Å². The van der Waals surface area contributed by atoms with E-state index in [4.69, 9.17) is 4.74 Å². The fourth-order valence-corrected chi connectivity index (χ4v) is 2.26. The number of ether oxygens (including phenoxy) is 1. The Labute approximate surface area is 110 Å². The fourth-order valence-electron chi connectivity index (χ4n) is 2.26. The van der Waals surface area contributed by atoms with Crippen molar-refractivity contribution in [2.75, 3.05) is 13.1 Å². The van der Waals surface area contributed by atoms with Crippen molar-refractivity contribution in [2.24, 2.45) is 5.92 Å². The number of nitrogens with zero attached hydrogens (tertiary/aromatic N) is 3. The maximum atomic E-state index is 12.7. The van der Waals surface area contributed by atoms with E-state index in [1.807, 2.05) is 4.90 Å². The summed E-state index contributed by atoms with van der Waals surface area (Å²) in [6, 6.07) is 0.169. The molecule has 0 spiro atoms. The number of carbonyl (C=O) groups is 1. The molecule has 1 aliphatic carbocycles. The first-order chi connectivity index (χ1) is 9.20. The first-order valence-corrected chi connectivity index (χ1v) is 6.62. The molecule has 3 rings (SSSR count). The number of rotatable bonds is 4. The Morgan fingerprint density at radius 2 is 2.11 bits per heavy atom. The van der Waals surface area contributed by atoms with Crippen molar-refractivity contribution < 1.29 is 13.9 Å². The molecule has 0 N–H and O–H groups in total. The zero-order valence-corrected chi connectivity index (χ0v) is 10.6. The van der Waals surface area contributed by atoms with Crippen LogP contribution in [0.2, 0.25) is 0 Å². The molecule has 1 aromatic heterocycles. The zero-order chi connectivity index (χ0) is 13.2. The summed E-state index contributed by atoms with van der Waals surface area (Å²) in [5, 5.41) is 0. The minimum Gasteiger partial charge on any atom is -0.458 e. The number of likely N-dealkylation sites (tertiary alicyclic amines) is 1. The summed E-state index contributed by atoms with van der Waals surface area (Å²) in [5.74, 6) is 0.335. The van der Waals surface area contributed by atoms with Gasteiger partial charge in [0.25, 0.3) is 0 Å². The standard InChI is InChI=1S/C13H16FN3O2/c14-10-6-15-13(16-7-10)19-11-3-4-17(8-11)12(18)5-9-1-2-9/h6-7,9,11H,1-5,8H2. The molecule has 19 heavy (non-hydrogen) atoms. The average molecular weight is 265 g/mol. The molecule has 1 aromatic rings. The molecule has 1 atom stereocenters. The van der Waals surface area contributed by atoms with Gasteiger partial charge in [-0.2, -0.15) is 0 Å². The van der Waals surface area contributed by atoms with Crippen LogP contribution in [0.1, 0.15) is 25.7 Å². The Kier molecular flexibility index (Phi) is 3.31. The Hall–Kier alpha value is -1.72. The molecule has 0 radical (unpaired) electrons. The Morgan fingerprint density at radius 3 is 2.79 bits per heavy atom. The van der Waals surface area contributed by atoms with Gasteiger partial charge in [-0.1, -0.05) is 0 Å². The van der Waals surface area contributed by atoms with Crippen molar-refractivity contribution >= 4 is 5.91 Å². The average Bonchev–Trinajstić information content (AvgIpc) is 3.08. The lowest BCUT2D eigenvalue weighted by molar-refractivity contribution is -0.130. The number of carbonyl (C=O) groups excluding carboxylic acids is 1. The normalized spacial score (nSPS) is 22.6. The third-order valence-electron chi connectivity index (χ3n) is 3.53. The fraction of sp³-hybridized carbons (Fsp3) is 0.615. The first kappa shape index (κ1) is 12.3. The Balaban J connectivity index is 1.50. The van der Waals surface area contributed by atoms with Crippen molar-refractivity contribution in [3.8, 4) is 6.01 Å². The van der Waals surface area contributed by atoms with Crippen molar-refractivity contribution in [1.29, 1.82) is 0 Å². The first-order valence-electron chi connectivity index (χ1n) is 6.62. The van der Waals surface area contributed by atoms with Gasteiger partial charge in [-0.15, -0.1) is 0 Å². The van der Waals surface area contributed by atoms with Crippen LogP contribution in [0.3, 0.4) is 0 Å². The summed E-state index contributed by atoms with van der Waals surface area (Å²) in [4.78, 5) is 21.3. The molecule has 1 unspecified atom stereocenters. The molecule has 1 saturated carbocycles. The highest BCUT2D eigenvalue weighted by Gasteiger charge is 2.32. The van der Waals surface area contributed by atoms with E-state index in [-0.39, 0.29) is 18.0 Å². The lowest BCUT2D eigenvalue weighted by Crippen LogP contribution is -2.31. The Bertz CT molecular complexity index is 461. The van der Waals surface area contributed by atoms with E-state index >= 15 is 0 Å². The lowest BCUT2D eigenvalue weighted by Gasteiger charge is -2.16. The maximum absolute atomic E-state index is 12.7. The van der Waals surface area contributed by atoms with Gasteiger partial charge in [0.2, 0.25) is 5.91 Å². The molecule has 2 fully saturated rings. The van der Waals surface area contributed by atoms with Crippen LogP contribution in [0.15, 0.2) is 12.4 Å². The van der Waals surface area contributed by atoms with Crippen LogP contribution in [0.4, 0.5) is 4.39 Å². The molecule has 1 aliphatic heterocycles. The van der Waals surface area contributed by atoms with E-state index in [0.717, 1.165) is 25.4 Å². The quantitative estimate of drug-likeness (QED) is 0.825. The van der Waals surface area contributed by atoms with E-state index in [9.17, 15) is 9.18 Å². The largest absolute Gasteiger partial charge is 0.458 e. The predicted molar refractivity (Wildman–Crippen MR) is 64.9 cm³/mol. The summed E-state index contributed by atoms with van der Waals surface area (Å²) in [6.07, 6.45) is 5.87. The molecule has 1 saturated heterocycles. The van der Waals surface area contributed by atoms with Gasteiger partial charge in [0.1, 0.15) is 6.10 Å². The van der Waals surface area contributed by atoms with Gasteiger partial charge in [-0.05, 0) is 18.8 Å². The molecule has 2 aliphatic rings. The van der Waals surface area contributed by atoms with Gasteiger partial charge in [0.05, 0.1) is 18.9 Å². The van der Waals surface area contributed by atoms with E-state index < -0.39 is 5.82 Å². The highest BCUT2D eigenvalue weighted by molar-refractivity contribution is 5.77. The molecule has 0 aromatic carbocycles. The third-order valence-corrected chi connectivity index (χ3v) is 3.53. The van der Waals surface area contributed by atoms with Crippen LogP contribution in [-0.4, -0.2) is 40.0 Å². The Morgan fingerprint density at radius 1 is 1.37 bits per heavy atom. The molecule has 2 heterocycles. The maximum Gasteiger partial charge on any atom is 0.316 e. The van der Waals surface area contributed by atoms with Crippen LogP contribution >= 0.6 is 0 Å². The third kappa shape index (κ3) is 3.19. The van der Waals surface area contributed by atoms with Crippen molar-refractivity contribution in [3.63, 3.8) is 0 Å². The number of halogens is 1. The molecule has 1 amide bonds. The van der Waals surface area contributed by atoms with Crippen molar-refractivity contribution in [1.82, 2.24) is 14.9 Å². The van der Waals surface area contributed by atoms with Gasteiger partial charge in [-0.25, -0.2) is 14.4 Å². The number of amides is 1. The molecule has 6 heteroatoms. The molecular weight excluding hydrogens is 249 g/mol. The molecule has 5 nitrogen and oxygen atoms in total. The zero-order valence-electron chi connectivity index (χ0n) is 10.6. The van der Waals surface area contributed by atoms with Crippen LogP contribution in [0, 0.1) is 11.7 Å². The lowest BCUT2D eigenvalue weighted by atomic mass is 10.2. The van der Waals surface area contributed by atoms with E-state index in [2.05, 4.69) is 9.97 Å². The van der Waals surface area contributed by atoms with E-state index in [1.54, 1.807) is 0 Å². The van der Waals surface area contributed by atoms with Gasteiger partial charge in [0, 0.05) is 19.4 Å². The summed E-state index contributed by atoms with van der Waals surface area (Å²) in [7, 11) is 0. The summed E-state index contributed by atoms with van der Waals surface area (Å²) in [5.41, 5.74) is 0. The van der Waals surface area contributed by atoms with Crippen LogP contribution in [-0.2, 0) is 4.79 Å². The highest BCUT2D eigenvalue weighted by Crippen LogP contribution is 2.33. The monoisotopic (exact) mass is 265 g/mol. The molecular formula is C13H16FN3O2. The predicted octanol–water partition coefficient (Wildman–Crippen LogP) is 1.40. The summed E-state index contributed by atoms with van der Waals surface area (Å²) < 4.78 is 18.2. The summed E-state index contributed by atoms with van der Waals surface area (Å²) >= 11 is 0. The van der Waals surface area contributed by atoms with Gasteiger partial charge >= 0.3 is 6.01 Å². The van der Waals surface area contributed by atoms with Gasteiger partial charge < -0.3 is 9.64 Å².